The molecule has 1 aliphatic heterocycles. The first kappa shape index (κ1) is 18.9. The molecule has 1 fully saturated rings. The van der Waals surface area contributed by atoms with Crippen LogP contribution < -0.4 is 5.32 Å². The Bertz CT molecular complexity index is 604. The van der Waals surface area contributed by atoms with Crippen LogP contribution in [0, 0.1) is 13.8 Å². The molecule has 0 atom stereocenters. The van der Waals surface area contributed by atoms with Gasteiger partial charge in [-0.3, -0.25) is 4.79 Å². The molecule has 126 valence electrons. The summed E-state index contributed by atoms with van der Waals surface area (Å²) in [7, 11) is -1.91. The SMILES string of the molecule is CNCC(=O)N1CCN(S(=O)(=O)c2c(C)noc2C)CC1.Cl. The highest BCUT2D eigenvalue weighted by Gasteiger charge is 2.33. The summed E-state index contributed by atoms with van der Waals surface area (Å²) in [5, 5.41) is 6.49. The Kier molecular flexibility index (Phi) is 6.36. The van der Waals surface area contributed by atoms with Gasteiger partial charge in [-0.1, -0.05) is 5.16 Å². The number of likely N-dealkylation sites (N-methyl/N-ethyl adjacent to an activating group) is 1. The minimum Gasteiger partial charge on any atom is -0.360 e. The summed E-state index contributed by atoms with van der Waals surface area (Å²) in [5.74, 6) is 0.271. The van der Waals surface area contributed by atoms with Gasteiger partial charge in [-0.15, -0.1) is 12.4 Å². The van der Waals surface area contributed by atoms with E-state index >= 15 is 0 Å². The van der Waals surface area contributed by atoms with Crippen LogP contribution in [0.2, 0.25) is 0 Å². The number of nitrogens with zero attached hydrogens (tertiary/aromatic N) is 3. The molecular weight excluding hydrogens is 332 g/mol. The number of halogens is 1. The molecule has 22 heavy (non-hydrogen) atoms. The number of hydrogen-bond donors (Lipinski definition) is 1. The minimum atomic E-state index is -3.62. The third-order valence-electron chi connectivity index (χ3n) is 3.49. The lowest BCUT2D eigenvalue weighted by Crippen LogP contribution is -2.52. The molecule has 1 N–H and O–H groups in total. The molecule has 1 aromatic heterocycles. The van der Waals surface area contributed by atoms with E-state index < -0.39 is 10.0 Å². The number of hydrogen-bond acceptors (Lipinski definition) is 6. The molecule has 2 heterocycles. The Morgan fingerprint density at radius 2 is 1.86 bits per heavy atom. The molecule has 0 radical (unpaired) electrons. The fourth-order valence-electron chi connectivity index (χ4n) is 2.41. The number of amides is 1. The number of aromatic nitrogens is 1. The van der Waals surface area contributed by atoms with Crippen molar-refractivity contribution in [3.63, 3.8) is 0 Å². The summed E-state index contributed by atoms with van der Waals surface area (Å²) in [6, 6.07) is 0. The second kappa shape index (κ2) is 7.40. The van der Waals surface area contributed by atoms with Gasteiger partial charge in [0.15, 0.2) is 5.76 Å². The predicted octanol–water partition coefficient (Wildman–Crippen LogP) is -0.234. The van der Waals surface area contributed by atoms with E-state index in [1.165, 1.54) is 4.31 Å². The maximum Gasteiger partial charge on any atom is 0.248 e. The zero-order chi connectivity index (χ0) is 15.6. The smallest absolute Gasteiger partial charge is 0.248 e. The summed E-state index contributed by atoms with van der Waals surface area (Å²) in [6.45, 7) is 4.79. The van der Waals surface area contributed by atoms with Crippen molar-refractivity contribution in [2.24, 2.45) is 0 Å². The molecule has 0 unspecified atom stereocenters. The normalized spacial score (nSPS) is 16.4. The van der Waals surface area contributed by atoms with Gasteiger partial charge < -0.3 is 14.7 Å². The van der Waals surface area contributed by atoms with Gasteiger partial charge in [0.1, 0.15) is 10.6 Å². The summed E-state index contributed by atoms with van der Waals surface area (Å²) >= 11 is 0. The van der Waals surface area contributed by atoms with Gasteiger partial charge in [0, 0.05) is 26.2 Å². The lowest BCUT2D eigenvalue weighted by atomic mass is 10.3. The second-order valence-electron chi connectivity index (χ2n) is 4.97. The molecule has 1 saturated heterocycles. The number of carbonyl (C=O) groups excluding carboxylic acids is 1. The van der Waals surface area contributed by atoms with E-state index in [-0.39, 0.29) is 42.8 Å². The first-order valence-electron chi connectivity index (χ1n) is 6.73. The molecule has 0 spiro atoms. The third kappa shape index (κ3) is 3.60. The summed E-state index contributed by atoms with van der Waals surface area (Å²) < 4.78 is 31.5. The van der Waals surface area contributed by atoms with E-state index in [0.29, 0.717) is 24.5 Å². The third-order valence-corrected chi connectivity index (χ3v) is 5.63. The highest BCUT2D eigenvalue weighted by atomic mass is 35.5. The Balaban J connectivity index is 0.00000242. The van der Waals surface area contributed by atoms with Crippen LogP contribution in [-0.2, 0) is 14.8 Å². The number of piperazine rings is 1. The molecule has 1 aromatic rings. The molecule has 1 amide bonds. The lowest BCUT2D eigenvalue weighted by molar-refractivity contribution is -0.131. The zero-order valence-electron chi connectivity index (χ0n) is 12.8. The number of nitrogens with one attached hydrogen (secondary N) is 1. The monoisotopic (exact) mass is 352 g/mol. The number of rotatable bonds is 4. The average molecular weight is 353 g/mol. The minimum absolute atomic E-state index is 0. The van der Waals surface area contributed by atoms with Crippen molar-refractivity contribution < 1.29 is 17.7 Å². The van der Waals surface area contributed by atoms with Crippen molar-refractivity contribution in [1.82, 2.24) is 19.7 Å². The van der Waals surface area contributed by atoms with Crippen LogP contribution >= 0.6 is 12.4 Å². The first-order chi connectivity index (χ1) is 9.87. The Hall–Kier alpha value is -1.16. The molecule has 2 rings (SSSR count). The number of carbonyl (C=O) groups is 1. The van der Waals surface area contributed by atoms with Crippen LogP contribution in [0.5, 0.6) is 0 Å². The molecule has 0 saturated carbocycles. The first-order valence-corrected chi connectivity index (χ1v) is 8.17. The van der Waals surface area contributed by atoms with Gasteiger partial charge in [0.05, 0.1) is 6.54 Å². The van der Waals surface area contributed by atoms with E-state index in [9.17, 15) is 13.2 Å². The largest absolute Gasteiger partial charge is 0.360 e. The van der Waals surface area contributed by atoms with Crippen molar-refractivity contribution in [3.05, 3.63) is 11.5 Å². The zero-order valence-corrected chi connectivity index (χ0v) is 14.5. The van der Waals surface area contributed by atoms with E-state index in [0.717, 1.165) is 0 Å². The maximum atomic E-state index is 12.6. The van der Waals surface area contributed by atoms with Crippen LogP contribution in [-0.4, -0.2) is 68.5 Å². The molecule has 0 aromatic carbocycles. The van der Waals surface area contributed by atoms with E-state index in [1.807, 2.05) is 0 Å². The Labute approximate surface area is 136 Å². The predicted molar refractivity (Wildman–Crippen MR) is 82.5 cm³/mol. The topological polar surface area (TPSA) is 95.8 Å². The Morgan fingerprint density at radius 3 is 2.32 bits per heavy atom. The highest BCUT2D eigenvalue weighted by Crippen LogP contribution is 2.24. The number of aryl methyl sites for hydroxylation is 2. The highest BCUT2D eigenvalue weighted by molar-refractivity contribution is 7.89. The van der Waals surface area contributed by atoms with Gasteiger partial charge in [-0.2, -0.15) is 4.31 Å². The van der Waals surface area contributed by atoms with Gasteiger partial charge in [0.2, 0.25) is 15.9 Å². The van der Waals surface area contributed by atoms with Crippen molar-refractivity contribution in [2.75, 3.05) is 39.8 Å². The van der Waals surface area contributed by atoms with Crippen LogP contribution in [0.1, 0.15) is 11.5 Å². The van der Waals surface area contributed by atoms with E-state index in [4.69, 9.17) is 4.52 Å². The van der Waals surface area contributed by atoms with Gasteiger partial charge >= 0.3 is 0 Å². The van der Waals surface area contributed by atoms with Gasteiger partial charge in [-0.05, 0) is 20.9 Å². The van der Waals surface area contributed by atoms with Crippen LogP contribution in [0.25, 0.3) is 0 Å². The molecular formula is C12H21ClN4O4S. The summed E-state index contributed by atoms with van der Waals surface area (Å²) in [6.07, 6.45) is 0. The van der Waals surface area contributed by atoms with E-state index in [1.54, 1.807) is 25.8 Å². The standard InChI is InChI=1S/C12H20N4O4S.ClH/c1-9-12(10(2)20-14-9)21(18,19)16-6-4-15(5-7-16)11(17)8-13-3;/h13H,4-8H2,1-3H3;1H. The van der Waals surface area contributed by atoms with Crippen LogP contribution in [0.4, 0.5) is 0 Å². The number of sulfonamides is 1. The lowest BCUT2D eigenvalue weighted by Gasteiger charge is -2.33. The van der Waals surface area contributed by atoms with Crippen molar-refractivity contribution in [3.8, 4) is 0 Å². The van der Waals surface area contributed by atoms with Crippen LogP contribution in [0.15, 0.2) is 9.42 Å². The molecule has 1 aliphatic rings. The second-order valence-corrected chi connectivity index (χ2v) is 6.84. The summed E-state index contributed by atoms with van der Waals surface area (Å²) in [4.78, 5) is 13.6. The van der Waals surface area contributed by atoms with Gasteiger partial charge in [-0.25, -0.2) is 8.42 Å². The van der Waals surface area contributed by atoms with Gasteiger partial charge in [0.25, 0.3) is 0 Å². The van der Waals surface area contributed by atoms with Crippen LogP contribution in [0.3, 0.4) is 0 Å². The van der Waals surface area contributed by atoms with Crippen molar-refractivity contribution in [2.45, 2.75) is 18.7 Å². The summed E-state index contributed by atoms with van der Waals surface area (Å²) in [5.41, 5.74) is 0.362. The molecule has 10 heteroatoms. The average Bonchev–Trinajstić information content (AvgIpc) is 2.79. The van der Waals surface area contributed by atoms with E-state index in [2.05, 4.69) is 10.5 Å². The van der Waals surface area contributed by atoms with Crippen molar-refractivity contribution >= 4 is 28.3 Å². The molecule has 0 aliphatic carbocycles. The Morgan fingerprint density at radius 1 is 1.27 bits per heavy atom. The maximum absolute atomic E-state index is 12.6. The fourth-order valence-corrected chi connectivity index (χ4v) is 4.13. The molecule has 0 bridgehead atoms. The van der Waals surface area contributed by atoms with Crippen molar-refractivity contribution in [1.29, 1.82) is 0 Å². The molecule has 8 nitrogen and oxygen atoms in total. The fraction of sp³-hybridized carbons (Fsp3) is 0.667. The quantitative estimate of drug-likeness (QED) is 0.804.